The lowest BCUT2D eigenvalue weighted by atomic mass is 9.88. The van der Waals surface area contributed by atoms with Gasteiger partial charge in [0.1, 0.15) is 11.4 Å². The third kappa shape index (κ3) is 3.29. The molecule has 1 aliphatic heterocycles. The Hall–Kier alpha value is -3.15. The second-order valence-electron chi connectivity index (χ2n) is 8.61. The molecule has 0 saturated carbocycles. The zero-order chi connectivity index (χ0) is 21.7. The molecule has 6 rings (SSSR count). The Labute approximate surface area is 191 Å². The number of imidazole rings is 1. The molecule has 0 bridgehead atoms. The summed E-state index contributed by atoms with van der Waals surface area (Å²) in [7, 11) is 0. The summed E-state index contributed by atoms with van der Waals surface area (Å²) < 4.78 is 2.10. The molecule has 5 nitrogen and oxygen atoms in total. The molecule has 6 heteroatoms. The molecular formula is C26H23ClN4O. The highest BCUT2D eigenvalue weighted by Crippen LogP contribution is 2.42. The maximum absolute atomic E-state index is 10.1. The van der Waals surface area contributed by atoms with E-state index in [1.165, 1.54) is 5.57 Å². The van der Waals surface area contributed by atoms with Gasteiger partial charge in [0.25, 0.3) is 0 Å². The van der Waals surface area contributed by atoms with Gasteiger partial charge in [0.15, 0.2) is 0 Å². The Morgan fingerprint density at radius 2 is 1.97 bits per heavy atom. The van der Waals surface area contributed by atoms with E-state index >= 15 is 0 Å². The largest absolute Gasteiger partial charge is 0.508 e. The van der Waals surface area contributed by atoms with E-state index in [-0.39, 0.29) is 0 Å². The molecule has 2 N–H and O–H groups in total. The van der Waals surface area contributed by atoms with Crippen LogP contribution in [0.4, 0.5) is 0 Å². The first-order chi connectivity index (χ1) is 15.7. The Morgan fingerprint density at radius 1 is 1.06 bits per heavy atom. The van der Waals surface area contributed by atoms with E-state index < -0.39 is 0 Å². The fourth-order valence-corrected chi connectivity index (χ4v) is 5.08. The minimum absolute atomic E-state index is 0.302. The number of aromatic hydroxyl groups is 1. The van der Waals surface area contributed by atoms with E-state index in [1.807, 2.05) is 18.2 Å². The fourth-order valence-electron chi connectivity index (χ4n) is 4.84. The van der Waals surface area contributed by atoms with Gasteiger partial charge in [-0.1, -0.05) is 17.7 Å². The smallest absolute Gasteiger partial charge is 0.137 e. The molecule has 0 radical (unpaired) electrons. The topological polar surface area (TPSA) is 62.5 Å². The number of allylic oxidation sites excluding steroid dienone is 1. The minimum atomic E-state index is 0.302. The lowest BCUT2D eigenvalue weighted by Crippen LogP contribution is -2.40. The molecule has 0 atom stereocenters. The first-order valence-electron chi connectivity index (χ1n) is 11.0. The van der Waals surface area contributed by atoms with Crippen LogP contribution >= 0.6 is 11.6 Å². The minimum Gasteiger partial charge on any atom is -0.508 e. The van der Waals surface area contributed by atoms with Crippen molar-refractivity contribution in [3.63, 3.8) is 0 Å². The molecule has 0 amide bonds. The summed E-state index contributed by atoms with van der Waals surface area (Å²) in [6.07, 6.45) is 10.5. The van der Waals surface area contributed by atoms with Crippen molar-refractivity contribution in [3.05, 3.63) is 94.2 Å². The number of halogens is 1. The van der Waals surface area contributed by atoms with Crippen molar-refractivity contribution >= 4 is 28.4 Å². The van der Waals surface area contributed by atoms with Gasteiger partial charge in [0, 0.05) is 43.8 Å². The number of aryl methyl sites for hydroxylation is 1. The number of phenolic OH excluding ortho intramolecular Hbond substituents is 1. The lowest BCUT2D eigenvalue weighted by Gasteiger charge is -2.24. The highest BCUT2D eigenvalue weighted by Gasteiger charge is 2.24. The molecule has 4 heterocycles. The van der Waals surface area contributed by atoms with Crippen LogP contribution in [0.3, 0.4) is 0 Å². The Bertz CT molecular complexity index is 1370. The maximum atomic E-state index is 10.1. The van der Waals surface area contributed by atoms with Gasteiger partial charge in [-0.2, -0.15) is 0 Å². The number of rotatable bonds is 3. The average molecular weight is 443 g/mol. The second kappa shape index (κ2) is 7.76. The van der Waals surface area contributed by atoms with E-state index in [9.17, 15) is 5.11 Å². The van der Waals surface area contributed by atoms with Crippen LogP contribution in [0.5, 0.6) is 5.75 Å². The van der Waals surface area contributed by atoms with Crippen LogP contribution in [-0.2, 0) is 6.42 Å². The summed E-state index contributed by atoms with van der Waals surface area (Å²) in [4.78, 5) is 9.11. The van der Waals surface area contributed by atoms with Crippen molar-refractivity contribution in [1.29, 1.82) is 0 Å². The van der Waals surface area contributed by atoms with Crippen molar-refractivity contribution in [2.75, 3.05) is 13.1 Å². The maximum Gasteiger partial charge on any atom is 0.137 e. The predicted octanol–water partition coefficient (Wildman–Crippen LogP) is 5.07. The zero-order valence-electron chi connectivity index (χ0n) is 17.6. The number of nitrogens with zero attached hydrogens (tertiary/aromatic N) is 3. The van der Waals surface area contributed by atoms with Crippen LogP contribution in [0.15, 0.2) is 61.2 Å². The summed E-state index contributed by atoms with van der Waals surface area (Å²) in [5.41, 5.74) is 8.87. The monoisotopic (exact) mass is 442 g/mol. The summed E-state index contributed by atoms with van der Waals surface area (Å²) in [6, 6.07) is 12.0. The molecule has 0 spiro atoms. The number of pyridine rings is 2. The Kier molecular flexibility index (Phi) is 4.74. The number of nitrogens with one attached hydrogen (secondary N) is 1. The molecular weight excluding hydrogens is 420 g/mol. The first kappa shape index (κ1) is 19.5. The van der Waals surface area contributed by atoms with E-state index in [0.717, 1.165) is 71.5 Å². The van der Waals surface area contributed by atoms with E-state index in [2.05, 4.69) is 39.2 Å². The number of phenols is 1. The van der Waals surface area contributed by atoms with Crippen molar-refractivity contribution < 1.29 is 5.11 Å². The first-order valence-corrected chi connectivity index (χ1v) is 11.4. The molecule has 3 aromatic heterocycles. The van der Waals surface area contributed by atoms with Crippen LogP contribution in [0.2, 0.25) is 5.02 Å². The third-order valence-corrected chi connectivity index (χ3v) is 6.90. The summed E-state index contributed by atoms with van der Waals surface area (Å²) in [6.45, 7) is 1.98. The standard InChI is InChI=1S/C26H23ClN4O/c27-23-14-28-8-6-21(23)22-3-1-2-16-10-19(32)4-5-20(16)26(22)17-7-9-31-15-24(18-12-29-13-18)30-25(31)11-17/h4-11,14-15,18,29,32H,1-3,12-13H2. The molecule has 1 aliphatic carbocycles. The van der Waals surface area contributed by atoms with Gasteiger partial charge in [0.2, 0.25) is 0 Å². The van der Waals surface area contributed by atoms with Gasteiger partial charge in [-0.25, -0.2) is 4.98 Å². The van der Waals surface area contributed by atoms with Gasteiger partial charge in [0.05, 0.1) is 10.7 Å². The van der Waals surface area contributed by atoms with Gasteiger partial charge in [-0.05, 0) is 83.0 Å². The number of benzene rings is 1. The summed E-state index contributed by atoms with van der Waals surface area (Å²) in [5, 5.41) is 14.1. The number of hydrogen-bond donors (Lipinski definition) is 2. The average Bonchev–Trinajstić information content (AvgIpc) is 3.06. The van der Waals surface area contributed by atoms with E-state index in [1.54, 1.807) is 18.5 Å². The Balaban J connectivity index is 1.59. The van der Waals surface area contributed by atoms with E-state index in [0.29, 0.717) is 16.7 Å². The molecule has 4 aromatic rings. The SMILES string of the molecule is Oc1ccc2c(c1)CCCC(c1ccncc1Cl)=C2c1ccn2cc(C3CNC3)nc2c1. The van der Waals surface area contributed by atoms with Gasteiger partial charge < -0.3 is 14.8 Å². The molecule has 0 unspecified atom stereocenters. The highest BCUT2D eigenvalue weighted by atomic mass is 35.5. The van der Waals surface area contributed by atoms with Crippen molar-refractivity contribution in [3.8, 4) is 5.75 Å². The molecule has 2 aliphatic rings. The van der Waals surface area contributed by atoms with E-state index in [4.69, 9.17) is 16.6 Å². The van der Waals surface area contributed by atoms with Crippen molar-refractivity contribution in [1.82, 2.24) is 19.7 Å². The van der Waals surface area contributed by atoms with Crippen LogP contribution in [0.25, 0.3) is 16.8 Å². The number of aromatic nitrogens is 3. The summed E-state index contributed by atoms with van der Waals surface area (Å²) >= 11 is 6.61. The van der Waals surface area contributed by atoms with Crippen molar-refractivity contribution in [2.45, 2.75) is 25.2 Å². The van der Waals surface area contributed by atoms with Crippen LogP contribution in [0, 0.1) is 0 Å². The molecule has 1 saturated heterocycles. The highest BCUT2D eigenvalue weighted by molar-refractivity contribution is 6.32. The second-order valence-corrected chi connectivity index (χ2v) is 9.01. The van der Waals surface area contributed by atoms with Gasteiger partial charge >= 0.3 is 0 Å². The number of hydrogen-bond acceptors (Lipinski definition) is 4. The van der Waals surface area contributed by atoms with Crippen LogP contribution < -0.4 is 5.32 Å². The molecule has 1 fully saturated rings. The third-order valence-electron chi connectivity index (χ3n) is 6.60. The van der Waals surface area contributed by atoms with Gasteiger partial charge in [-0.15, -0.1) is 0 Å². The van der Waals surface area contributed by atoms with Crippen LogP contribution in [-0.4, -0.2) is 32.6 Å². The summed E-state index contributed by atoms with van der Waals surface area (Å²) in [5.74, 6) is 0.793. The number of fused-ring (bicyclic) bond motifs is 2. The Morgan fingerprint density at radius 3 is 2.78 bits per heavy atom. The quantitative estimate of drug-likeness (QED) is 0.465. The fraction of sp³-hybridized carbons (Fsp3) is 0.231. The predicted molar refractivity (Wildman–Crippen MR) is 127 cm³/mol. The zero-order valence-corrected chi connectivity index (χ0v) is 18.3. The van der Waals surface area contributed by atoms with Crippen molar-refractivity contribution in [2.24, 2.45) is 0 Å². The van der Waals surface area contributed by atoms with Crippen LogP contribution in [0.1, 0.15) is 46.7 Å². The molecule has 160 valence electrons. The molecule has 1 aromatic carbocycles. The molecule has 32 heavy (non-hydrogen) atoms. The van der Waals surface area contributed by atoms with Gasteiger partial charge in [-0.3, -0.25) is 4.98 Å². The lowest BCUT2D eigenvalue weighted by molar-refractivity contribution is 0.441. The normalized spacial score (nSPS) is 16.7.